The summed E-state index contributed by atoms with van der Waals surface area (Å²) in [5, 5.41) is 3.49. The van der Waals surface area contributed by atoms with E-state index in [0.29, 0.717) is 10.8 Å². The molecule has 1 aromatic carbocycles. The lowest BCUT2D eigenvalue weighted by molar-refractivity contribution is -0.123. The Morgan fingerprint density at radius 1 is 1.38 bits per heavy atom. The first-order chi connectivity index (χ1) is 10.1. The van der Waals surface area contributed by atoms with Crippen LogP contribution in [0.1, 0.15) is 24.2 Å². The number of nitrogens with one attached hydrogen (secondary N) is 1. The maximum absolute atomic E-state index is 11.9. The van der Waals surface area contributed by atoms with E-state index in [1.807, 2.05) is 32.0 Å². The number of pyridine rings is 1. The van der Waals surface area contributed by atoms with E-state index in [0.717, 1.165) is 11.3 Å². The average Bonchev–Trinajstić information content (AvgIpc) is 2.47. The highest BCUT2D eigenvalue weighted by molar-refractivity contribution is 6.30. The molecule has 0 spiro atoms. The lowest BCUT2D eigenvalue weighted by atomic mass is 10.2. The summed E-state index contributed by atoms with van der Waals surface area (Å²) < 4.78 is 5.50. The van der Waals surface area contributed by atoms with Crippen molar-refractivity contribution in [2.24, 2.45) is 0 Å². The second-order valence-electron chi connectivity index (χ2n) is 4.74. The number of rotatable bonds is 5. The lowest BCUT2D eigenvalue weighted by Crippen LogP contribution is -2.31. The van der Waals surface area contributed by atoms with Crippen LogP contribution >= 0.6 is 11.6 Å². The van der Waals surface area contributed by atoms with Crippen molar-refractivity contribution in [1.82, 2.24) is 10.3 Å². The van der Waals surface area contributed by atoms with Gasteiger partial charge in [-0.2, -0.15) is 0 Å². The van der Waals surface area contributed by atoms with Crippen LogP contribution in [0.25, 0.3) is 0 Å². The first-order valence-electron chi connectivity index (χ1n) is 6.65. The zero-order valence-electron chi connectivity index (χ0n) is 12.0. The molecule has 1 aromatic heterocycles. The zero-order valence-corrected chi connectivity index (χ0v) is 12.7. The molecule has 0 aliphatic heterocycles. The van der Waals surface area contributed by atoms with E-state index < -0.39 is 0 Å². The molecule has 1 N–H and O–H groups in total. The Morgan fingerprint density at radius 2 is 2.19 bits per heavy atom. The van der Waals surface area contributed by atoms with Crippen molar-refractivity contribution in [2.45, 2.75) is 19.9 Å². The van der Waals surface area contributed by atoms with E-state index in [4.69, 9.17) is 16.3 Å². The Morgan fingerprint density at radius 3 is 2.86 bits per heavy atom. The molecular formula is C16H17ClN2O2. The summed E-state index contributed by atoms with van der Waals surface area (Å²) in [6, 6.07) is 10.7. The van der Waals surface area contributed by atoms with E-state index >= 15 is 0 Å². The van der Waals surface area contributed by atoms with Crippen LogP contribution in [-0.4, -0.2) is 17.5 Å². The molecule has 5 heteroatoms. The molecule has 0 aliphatic rings. The van der Waals surface area contributed by atoms with Gasteiger partial charge < -0.3 is 10.1 Å². The van der Waals surface area contributed by atoms with Gasteiger partial charge in [0.1, 0.15) is 5.75 Å². The van der Waals surface area contributed by atoms with Gasteiger partial charge in [0.2, 0.25) is 0 Å². The SMILES string of the molecule is Cc1cc(Cl)ccc1OCC(=O)NC(C)c1ccccn1. The number of carbonyl (C=O) groups excluding carboxylic acids is 1. The maximum Gasteiger partial charge on any atom is 0.258 e. The third kappa shape index (κ3) is 4.46. The summed E-state index contributed by atoms with van der Waals surface area (Å²) in [6.45, 7) is 3.73. The van der Waals surface area contributed by atoms with Crippen molar-refractivity contribution in [2.75, 3.05) is 6.61 Å². The Labute approximate surface area is 129 Å². The van der Waals surface area contributed by atoms with Crippen molar-refractivity contribution in [3.05, 3.63) is 58.9 Å². The van der Waals surface area contributed by atoms with Crippen molar-refractivity contribution in [1.29, 1.82) is 0 Å². The minimum absolute atomic E-state index is 0.0420. The molecule has 1 unspecified atom stereocenters. The number of carbonyl (C=O) groups is 1. The van der Waals surface area contributed by atoms with Gasteiger partial charge >= 0.3 is 0 Å². The second kappa shape index (κ2) is 7.09. The fourth-order valence-electron chi connectivity index (χ4n) is 1.91. The minimum Gasteiger partial charge on any atom is -0.484 e. The third-order valence-corrected chi connectivity index (χ3v) is 3.24. The minimum atomic E-state index is -0.192. The number of amides is 1. The highest BCUT2D eigenvalue weighted by Gasteiger charge is 2.11. The average molecular weight is 305 g/mol. The molecule has 2 rings (SSSR count). The van der Waals surface area contributed by atoms with Crippen molar-refractivity contribution in [3.8, 4) is 5.75 Å². The molecule has 4 nitrogen and oxygen atoms in total. The summed E-state index contributed by atoms with van der Waals surface area (Å²) >= 11 is 5.87. The number of ether oxygens (including phenoxy) is 1. The molecule has 110 valence electrons. The van der Waals surface area contributed by atoms with Gasteiger partial charge in [0.15, 0.2) is 6.61 Å². The number of aromatic nitrogens is 1. The molecule has 1 heterocycles. The molecule has 0 saturated heterocycles. The number of aryl methyl sites for hydroxylation is 1. The summed E-state index contributed by atoms with van der Waals surface area (Å²) in [5.74, 6) is 0.461. The smallest absolute Gasteiger partial charge is 0.258 e. The Balaban J connectivity index is 1.87. The number of nitrogens with zero attached hydrogens (tertiary/aromatic N) is 1. The molecule has 0 saturated carbocycles. The molecule has 0 bridgehead atoms. The second-order valence-corrected chi connectivity index (χ2v) is 5.18. The Bertz CT molecular complexity index is 617. The highest BCUT2D eigenvalue weighted by atomic mass is 35.5. The van der Waals surface area contributed by atoms with Crippen LogP contribution in [0.15, 0.2) is 42.6 Å². The van der Waals surface area contributed by atoms with E-state index in [9.17, 15) is 4.79 Å². The monoisotopic (exact) mass is 304 g/mol. The summed E-state index contributed by atoms with van der Waals surface area (Å²) in [7, 11) is 0. The van der Waals surface area contributed by atoms with Crippen LogP contribution < -0.4 is 10.1 Å². The predicted octanol–water partition coefficient (Wildman–Crippen LogP) is 3.30. The highest BCUT2D eigenvalue weighted by Crippen LogP contribution is 2.21. The van der Waals surface area contributed by atoms with Gasteiger partial charge in [-0.25, -0.2) is 0 Å². The van der Waals surface area contributed by atoms with Gasteiger partial charge in [-0.15, -0.1) is 0 Å². The van der Waals surface area contributed by atoms with E-state index in [1.54, 1.807) is 24.4 Å². The number of halogens is 1. The van der Waals surface area contributed by atoms with Crippen molar-refractivity contribution >= 4 is 17.5 Å². The predicted molar refractivity (Wildman–Crippen MR) is 82.5 cm³/mol. The van der Waals surface area contributed by atoms with Gasteiger partial charge in [-0.05, 0) is 49.7 Å². The fourth-order valence-corrected chi connectivity index (χ4v) is 2.13. The summed E-state index contributed by atoms with van der Waals surface area (Å²) in [4.78, 5) is 16.1. The van der Waals surface area contributed by atoms with Gasteiger partial charge in [-0.3, -0.25) is 9.78 Å². The van der Waals surface area contributed by atoms with Crippen LogP contribution in [-0.2, 0) is 4.79 Å². The van der Waals surface area contributed by atoms with Crippen LogP contribution in [0.3, 0.4) is 0 Å². The number of hydrogen-bond donors (Lipinski definition) is 1. The van der Waals surface area contributed by atoms with E-state index in [1.165, 1.54) is 0 Å². The largest absolute Gasteiger partial charge is 0.484 e. The van der Waals surface area contributed by atoms with Crippen LogP contribution in [0.4, 0.5) is 0 Å². The van der Waals surface area contributed by atoms with Gasteiger partial charge in [0, 0.05) is 11.2 Å². The molecule has 0 radical (unpaired) electrons. The van der Waals surface area contributed by atoms with E-state index in [2.05, 4.69) is 10.3 Å². The molecule has 21 heavy (non-hydrogen) atoms. The lowest BCUT2D eigenvalue weighted by Gasteiger charge is -2.14. The van der Waals surface area contributed by atoms with Gasteiger partial charge in [0.05, 0.1) is 11.7 Å². The van der Waals surface area contributed by atoms with Crippen molar-refractivity contribution in [3.63, 3.8) is 0 Å². The maximum atomic E-state index is 11.9. The van der Waals surface area contributed by atoms with Crippen LogP contribution in [0, 0.1) is 6.92 Å². The number of benzene rings is 1. The van der Waals surface area contributed by atoms with Gasteiger partial charge in [0.25, 0.3) is 5.91 Å². The summed E-state index contributed by atoms with van der Waals surface area (Å²) in [5.41, 5.74) is 1.71. The first kappa shape index (κ1) is 15.3. The van der Waals surface area contributed by atoms with Crippen molar-refractivity contribution < 1.29 is 9.53 Å². The third-order valence-electron chi connectivity index (χ3n) is 3.00. The fraction of sp³-hybridized carbons (Fsp3) is 0.250. The van der Waals surface area contributed by atoms with E-state index in [-0.39, 0.29) is 18.6 Å². The number of hydrogen-bond acceptors (Lipinski definition) is 3. The Hall–Kier alpha value is -2.07. The molecule has 0 fully saturated rings. The summed E-state index contributed by atoms with van der Waals surface area (Å²) in [6.07, 6.45) is 1.70. The first-order valence-corrected chi connectivity index (χ1v) is 7.03. The zero-order chi connectivity index (χ0) is 15.2. The normalized spacial score (nSPS) is 11.8. The topological polar surface area (TPSA) is 51.2 Å². The molecule has 1 amide bonds. The van der Waals surface area contributed by atoms with Crippen LogP contribution in [0.2, 0.25) is 5.02 Å². The molecule has 0 aliphatic carbocycles. The molecule has 1 atom stereocenters. The quantitative estimate of drug-likeness (QED) is 0.922. The Kier molecular flexibility index (Phi) is 5.17. The molecule has 2 aromatic rings. The standard InChI is InChI=1S/C16H17ClN2O2/c1-11-9-13(17)6-7-15(11)21-10-16(20)19-12(2)14-5-3-4-8-18-14/h3-9,12H,10H2,1-2H3,(H,19,20). The van der Waals surface area contributed by atoms with Crippen LogP contribution in [0.5, 0.6) is 5.75 Å². The molecular weight excluding hydrogens is 288 g/mol. The van der Waals surface area contributed by atoms with Gasteiger partial charge in [-0.1, -0.05) is 17.7 Å².